The molecule has 1 heterocycles. The van der Waals surface area contributed by atoms with Gasteiger partial charge in [0, 0.05) is 6.07 Å². The number of nitrogens with two attached hydrogens (primary N) is 1. The van der Waals surface area contributed by atoms with E-state index in [9.17, 15) is 33.3 Å². The summed E-state index contributed by atoms with van der Waals surface area (Å²) in [5.74, 6) is 4.58. The molecule has 0 saturated heterocycles. The molecule has 15 heteroatoms. The predicted molar refractivity (Wildman–Crippen MR) is 123 cm³/mol. The van der Waals surface area contributed by atoms with E-state index in [1.165, 1.54) is 32.2 Å². The Bertz CT molecular complexity index is 1320. The number of alkyl halides is 3. The van der Waals surface area contributed by atoms with E-state index in [4.69, 9.17) is 24.8 Å². The zero-order valence-electron chi connectivity index (χ0n) is 19.9. The highest BCUT2D eigenvalue weighted by molar-refractivity contribution is 6.08. The fourth-order valence-corrected chi connectivity index (χ4v) is 3.22. The second-order valence-electron chi connectivity index (χ2n) is 7.45. The molecule has 0 fully saturated rings. The van der Waals surface area contributed by atoms with Crippen LogP contribution in [0, 0.1) is 21.4 Å². The summed E-state index contributed by atoms with van der Waals surface area (Å²) in [6, 6.07) is 9.38. The van der Waals surface area contributed by atoms with E-state index >= 15 is 0 Å². The Morgan fingerprint density at radius 3 is 2.42 bits per heavy atom. The smallest absolute Gasteiger partial charge is 0.416 e. The maximum atomic E-state index is 12.9. The summed E-state index contributed by atoms with van der Waals surface area (Å²) in [5.41, 5.74) is -2.06. The normalized spacial score (nSPS) is 15.3. The average molecular weight is 535 g/mol. The molecule has 38 heavy (non-hydrogen) atoms. The van der Waals surface area contributed by atoms with Crippen molar-refractivity contribution in [1.82, 2.24) is 5.01 Å². The largest absolute Gasteiger partial charge is 0.497 e. The van der Waals surface area contributed by atoms with Gasteiger partial charge in [0.2, 0.25) is 0 Å². The van der Waals surface area contributed by atoms with Gasteiger partial charge in [-0.25, -0.2) is 15.8 Å². The summed E-state index contributed by atoms with van der Waals surface area (Å²) < 4.78 is 59.9. The molecule has 0 spiro atoms. The Labute approximate surface area is 213 Å². The topological polar surface area (TPSA) is 163 Å². The van der Waals surface area contributed by atoms with Crippen LogP contribution in [0.2, 0.25) is 0 Å². The van der Waals surface area contributed by atoms with Gasteiger partial charge in [0.05, 0.1) is 42.3 Å². The van der Waals surface area contributed by atoms with Gasteiger partial charge in [-0.2, -0.15) is 18.4 Å². The number of rotatable bonds is 9. The van der Waals surface area contributed by atoms with Gasteiger partial charge < -0.3 is 18.9 Å². The van der Waals surface area contributed by atoms with Crippen LogP contribution < -0.4 is 20.1 Å². The number of nitriles is 1. The van der Waals surface area contributed by atoms with Crippen LogP contribution >= 0.6 is 0 Å². The third-order valence-corrected chi connectivity index (χ3v) is 4.90. The van der Waals surface area contributed by atoms with E-state index in [1.807, 2.05) is 6.07 Å². The van der Waals surface area contributed by atoms with Crippen molar-refractivity contribution < 1.29 is 41.8 Å². The highest BCUT2D eigenvalue weighted by Gasteiger charge is 2.41. The van der Waals surface area contributed by atoms with Crippen molar-refractivity contribution in [3.8, 4) is 23.3 Å². The zero-order valence-corrected chi connectivity index (χ0v) is 19.9. The summed E-state index contributed by atoms with van der Waals surface area (Å²) in [4.78, 5) is 27.3. The first-order chi connectivity index (χ1) is 18.0. The SMILES string of the molecule is CCOC(=O)CC1=NC(Oc2ccc(C(F)(F)F)cc2)N(N)C(Oc2cc(C#N)cc(OC)c2)=C1[N+](=O)[O-]. The molecule has 0 bridgehead atoms. The highest BCUT2D eigenvalue weighted by Crippen LogP contribution is 2.32. The van der Waals surface area contributed by atoms with Crippen LogP contribution in [0.3, 0.4) is 0 Å². The lowest BCUT2D eigenvalue weighted by Gasteiger charge is -2.31. The van der Waals surface area contributed by atoms with Crippen molar-refractivity contribution in [2.24, 2.45) is 10.8 Å². The quantitative estimate of drug-likeness (QED) is 0.218. The molecule has 200 valence electrons. The number of methoxy groups -OCH3 is 1. The second-order valence-corrected chi connectivity index (χ2v) is 7.45. The molecule has 2 aromatic carbocycles. The molecule has 1 unspecified atom stereocenters. The van der Waals surface area contributed by atoms with E-state index < -0.39 is 52.7 Å². The lowest BCUT2D eigenvalue weighted by atomic mass is 10.1. The van der Waals surface area contributed by atoms with Gasteiger partial charge in [-0.1, -0.05) is 0 Å². The van der Waals surface area contributed by atoms with Gasteiger partial charge in [-0.3, -0.25) is 14.9 Å². The molecule has 0 amide bonds. The third kappa shape index (κ3) is 6.48. The van der Waals surface area contributed by atoms with E-state index in [0.717, 1.165) is 24.3 Å². The molecular weight excluding hydrogens is 515 g/mol. The lowest BCUT2D eigenvalue weighted by Crippen LogP contribution is -2.49. The molecule has 0 radical (unpaired) electrons. The van der Waals surface area contributed by atoms with Crippen molar-refractivity contribution in [3.05, 3.63) is 75.3 Å². The summed E-state index contributed by atoms with van der Waals surface area (Å²) in [5, 5.41) is 21.9. The minimum Gasteiger partial charge on any atom is -0.497 e. The van der Waals surface area contributed by atoms with E-state index in [1.54, 1.807) is 0 Å². The number of hydrogen-bond donors (Lipinski definition) is 1. The molecule has 2 aromatic rings. The van der Waals surface area contributed by atoms with Gasteiger partial charge in [0.25, 0.3) is 12.2 Å². The number of nitro groups is 1. The van der Waals surface area contributed by atoms with Crippen LogP contribution in [0.4, 0.5) is 13.2 Å². The van der Waals surface area contributed by atoms with Crippen LogP contribution in [-0.2, 0) is 15.7 Å². The molecule has 1 aliphatic heterocycles. The van der Waals surface area contributed by atoms with Gasteiger partial charge in [0.1, 0.15) is 23.0 Å². The molecule has 0 aromatic heterocycles. The summed E-state index contributed by atoms with van der Waals surface area (Å²) in [7, 11) is 1.33. The van der Waals surface area contributed by atoms with Crippen LogP contribution in [0.25, 0.3) is 0 Å². The van der Waals surface area contributed by atoms with E-state index in [-0.39, 0.29) is 29.4 Å². The van der Waals surface area contributed by atoms with E-state index in [2.05, 4.69) is 4.99 Å². The highest BCUT2D eigenvalue weighted by atomic mass is 19.4. The van der Waals surface area contributed by atoms with E-state index in [0.29, 0.717) is 5.01 Å². The number of hydrogen-bond acceptors (Lipinski definition) is 11. The number of hydrazine groups is 1. The average Bonchev–Trinajstić information content (AvgIpc) is 2.86. The van der Waals surface area contributed by atoms with Gasteiger partial charge in [-0.05, 0) is 43.3 Å². The Balaban J connectivity index is 2.05. The Morgan fingerprint density at radius 1 is 1.21 bits per heavy atom. The van der Waals surface area contributed by atoms with Crippen LogP contribution in [-0.4, -0.2) is 41.7 Å². The Kier molecular flexibility index (Phi) is 8.38. The van der Waals surface area contributed by atoms with Crippen LogP contribution in [0.1, 0.15) is 24.5 Å². The molecule has 0 saturated carbocycles. The fraction of sp³-hybridized carbons (Fsp3) is 0.261. The molecule has 1 atom stereocenters. The van der Waals surface area contributed by atoms with Crippen molar-refractivity contribution in [1.29, 1.82) is 5.26 Å². The first kappa shape index (κ1) is 27.7. The van der Waals surface area contributed by atoms with Crippen LogP contribution in [0.5, 0.6) is 17.2 Å². The number of allylic oxidation sites excluding steroid dienone is 1. The monoisotopic (exact) mass is 535 g/mol. The number of benzene rings is 2. The number of halogens is 3. The lowest BCUT2D eigenvalue weighted by molar-refractivity contribution is -0.420. The maximum absolute atomic E-state index is 12.9. The van der Waals surface area contributed by atoms with Crippen molar-refractivity contribution in [2.75, 3.05) is 13.7 Å². The number of aliphatic imine (C=N–C) groups is 1. The minimum absolute atomic E-state index is 0.0117. The molecule has 12 nitrogen and oxygen atoms in total. The van der Waals surface area contributed by atoms with Crippen molar-refractivity contribution in [3.63, 3.8) is 0 Å². The number of carbonyl (C=O) groups excluding carboxylic acids is 1. The number of esters is 1. The standard InChI is InChI=1S/C23H20F3N5O7/c1-3-36-19(32)11-18-20(31(33)34)21(37-17-9-13(12-27)8-16(10-17)35-2)30(28)22(29-18)38-15-6-4-14(5-7-15)23(24,25)26/h4-10,22H,3,11,28H2,1-2H3. The van der Waals surface area contributed by atoms with Crippen molar-refractivity contribution >= 4 is 11.7 Å². The maximum Gasteiger partial charge on any atom is 0.416 e. The first-order valence-electron chi connectivity index (χ1n) is 10.7. The number of nitrogens with zero attached hydrogens (tertiary/aromatic N) is 4. The zero-order chi connectivity index (χ0) is 28.0. The molecule has 0 aliphatic carbocycles. The number of ether oxygens (including phenoxy) is 4. The summed E-state index contributed by atoms with van der Waals surface area (Å²) >= 11 is 0. The third-order valence-electron chi connectivity index (χ3n) is 4.90. The van der Waals surface area contributed by atoms with Crippen LogP contribution in [0.15, 0.2) is 59.0 Å². The molecule has 1 aliphatic rings. The van der Waals surface area contributed by atoms with Gasteiger partial charge >= 0.3 is 17.8 Å². The Morgan fingerprint density at radius 2 is 1.87 bits per heavy atom. The predicted octanol–water partition coefficient (Wildman–Crippen LogP) is 3.36. The van der Waals surface area contributed by atoms with Crippen molar-refractivity contribution in [2.45, 2.75) is 25.9 Å². The minimum atomic E-state index is -4.59. The summed E-state index contributed by atoms with van der Waals surface area (Å²) in [6.07, 6.45) is -6.85. The molecule has 2 N–H and O–H groups in total. The number of carbonyl (C=O) groups is 1. The first-order valence-corrected chi connectivity index (χ1v) is 10.7. The Hall–Kier alpha value is -4.84. The second kappa shape index (κ2) is 11.5. The van der Waals surface area contributed by atoms with Gasteiger partial charge in [-0.15, -0.1) is 0 Å². The molecule has 3 rings (SSSR count). The van der Waals surface area contributed by atoms with Gasteiger partial charge in [0.15, 0.2) is 0 Å². The molecular formula is C23H20F3N5O7. The summed E-state index contributed by atoms with van der Waals surface area (Å²) in [6.45, 7) is 1.52. The fourth-order valence-electron chi connectivity index (χ4n) is 3.22.